The summed E-state index contributed by atoms with van der Waals surface area (Å²) in [6.45, 7) is 28.0. The Bertz CT molecular complexity index is 1390. The predicted octanol–water partition coefficient (Wildman–Crippen LogP) is 10.1. The van der Waals surface area contributed by atoms with Crippen molar-refractivity contribution >= 4 is 17.4 Å². The number of hydrogen-bond acceptors (Lipinski definition) is 6. The molecular weight excluding hydrogens is 623 g/mol. The Hall–Kier alpha value is -2.54. The molecule has 1 aromatic heterocycles. The summed E-state index contributed by atoms with van der Waals surface area (Å²) in [7, 11) is 4.31. The number of rotatable bonds is 0. The SMILES string of the molecule is CC1(C)CCOC1.CC1(C)Cc2ccccc2O1.CC1(C)Cc2ccccc2S1.CN1CC(C)(C)c2ncccc21.CN1CCC(C)(C)C1. The number of likely N-dealkylation sites (N-methyl/N-ethyl adjacent to an activating group) is 1. The Morgan fingerprint density at radius 2 is 1.39 bits per heavy atom. The highest BCUT2D eigenvalue weighted by molar-refractivity contribution is 8.01. The van der Waals surface area contributed by atoms with E-state index in [1.54, 1.807) is 0 Å². The molecular formula is C43H65N3O2S. The van der Waals surface area contributed by atoms with Gasteiger partial charge in [0.25, 0.3) is 0 Å². The minimum Gasteiger partial charge on any atom is -0.487 e. The van der Waals surface area contributed by atoms with E-state index in [1.807, 2.05) is 36.2 Å². The normalized spacial score (nSPS) is 22.2. The Morgan fingerprint density at radius 1 is 0.714 bits per heavy atom. The van der Waals surface area contributed by atoms with Crippen LogP contribution in [0.1, 0.15) is 98.9 Å². The van der Waals surface area contributed by atoms with Crippen molar-refractivity contribution in [1.29, 1.82) is 0 Å². The van der Waals surface area contributed by atoms with Gasteiger partial charge in [-0.3, -0.25) is 4.98 Å². The van der Waals surface area contributed by atoms with Crippen LogP contribution in [0.25, 0.3) is 0 Å². The van der Waals surface area contributed by atoms with Gasteiger partial charge in [0.1, 0.15) is 11.4 Å². The lowest BCUT2D eigenvalue weighted by Gasteiger charge is -2.17. The van der Waals surface area contributed by atoms with Crippen molar-refractivity contribution in [3.05, 3.63) is 83.7 Å². The molecule has 0 saturated carbocycles. The number of ether oxygens (including phenoxy) is 2. The molecule has 0 spiro atoms. The number of hydrogen-bond donors (Lipinski definition) is 0. The van der Waals surface area contributed by atoms with Crippen LogP contribution in [0.3, 0.4) is 0 Å². The monoisotopic (exact) mass is 687 g/mol. The highest BCUT2D eigenvalue weighted by atomic mass is 32.2. The molecule has 0 atom stereocenters. The van der Waals surface area contributed by atoms with Gasteiger partial charge in [0.2, 0.25) is 0 Å². The topological polar surface area (TPSA) is 37.8 Å². The molecule has 270 valence electrons. The Labute approximate surface area is 303 Å². The van der Waals surface area contributed by atoms with Gasteiger partial charge in [0, 0.05) is 54.4 Å². The lowest BCUT2D eigenvalue weighted by atomic mass is 9.91. The zero-order valence-corrected chi connectivity index (χ0v) is 33.6. The number of aromatic nitrogens is 1. The molecule has 5 nitrogen and oxygen atoms in total. The molecule has 0 bridgehead atoms. The number of nitrogens with zero attached hydrogens (tertiary/aromatic N) is 3. The van der Waals surface area contributed by atoms with Crippen molar-refractivity contribution < 1.29 is 9.47 Å². The third-order valence-corrected chi connectivity index (χ3v) is 11.0. The number of benzene rings is 2. The van der Waals surface area contributed by atoms with Crippen LogP contribution >= 0.6 is 11.8 Å². The maximum absolute atomic E-state index is 5.69. The van der Waals surface area contributed by atoms with E-state index in [1.165, 1.54) is 59.8 Å². The highest BCUT2D eigenvalue weighted by Crippen LogP contribution is 2.44. The lowest BCUT2D eigenvalue weighted by molar-refractivity contribution is 0.138. The summed E-state index contributed by atoms with van der Waals surface area (Å²) >= 11 is 1.99. The van der Waals surface area contributed by atoms with Crippen LogP contribution in [0.15, 0.2) is 71.8 Å². The van der Waals surface area contributed by atoms with Crippen LogP contribution in [-0.2, 0) is 23.0 Å². The summed E-state index contributed by atoms with van der Waals surface area (Å²) in [5.74, 6) is 1.05. The third kappa shape index (κ3) is 11.8. The quantitative estimate of drug-likeness (QED) is 0.234. The van der Waals surface area contributed by atoms with Crippen LogP contribution in [0.4, 0.5) is 5.69 Å². The van der Waals surface area contributed by atoms with Crippen molar-refractivity contribution in [3.8, 4) is 5.75 Å². The van der Waals surface area contributed by atoms with Gasteiger partial charge in [-0.05, 0) is 92.9 Å². The van der Waals surface area contributed by atoms with E-state index in [-0.39, 0.29) is 11.0 Å². The van der Waals surface area contributed by atoms with Crippen LogP contribution in [-0.4, -0.2) is 67.2 Å². The maximum Gasteiger partial charge on any atom is 0.123 e. The van der Waals surface area contributed by atoms with E-state index in [4.69, 9.17) is 9.47 Å². The molecule has 2 fully saturated rings. The summed E-state index contributed by atoms with van der Waals surface area (Å²) in [6, 6.07) is 21.1. The first kappa shape index (κ1) is 39.2. The van der Waals surface area contributed by atoms with E-state index >= 15 is 0 Å². The van der Waals surface area contributed by atoms with Crippen molar-refractivity contribution in [3.63, 3.8) is 0 Å². The first-order valence-corrected chi connectivity index (χ1v) is 19.1. The first-order chi connectivity index (χ1) is 22.8. The number of likely N-dealkylation sites (tertiary alicyclic amines) is 1. The molecule has 3 aromatic rings. The van der Waals surface area contributed by atoms with Crippen molar-refractivity contribution in [2.24, 2.45) is 10.8 Å². The fourth-order valence-corrected chi connectivity index (χ4v) is 8.46. The molecule has 0 amide bonds. The van der Waals surface area contributed by atoms with Crippen molar-refractivity contribution in [2.75, 3.05) is 51.8 Å². The maximum atomic E-state index is 5.69. The average molecular weight is 688 g/mol. The second kappa shape index (κ2) is 15.8. The van der Waals surface area contributed by atoms with Gasteiger partial charge in [-0.25, -0.2) is 0 Å². The fraction of sp³-hybridized carbons (Fsp3) is 0.605. The van der Waals surface area contributed by atoms with E-state index in [9.17, 15) is 0 Å². The van der Waals surface area contributed by atoms with Crippen LogP contribution in [0.5, 0.6) is 5.75 Å². The molecule has 2 saturated heterocycles. The standard InChI is InChI=1S/C10H14N2.C10H12O.C10H12S.C7H15N.C6H12O/c1-10(2)7-12(3)8-5-4-6-11-9(8)10;2*1-10(2)7-8-5-3-4-6-9(8)11-10;1-7(2)4-5-8(3)6-7;1-6(2)3-4-7-5-6/h4-6H,7H2,1-3H3;2*3-6H,7H2,1-2H3;4-6H2,1-3H3;3-5H2,1-2H3. The first-order valence-electron chi connectivity index (χ1n) is 18.2. The number of anilines is 1. The van der Waals surface area contributed by atoms with Crippen molar-refractivity contribution in [1.82, 2.24) is 9.88 Å². The predicted molar refractivity (Wildman–Crippen MR) is 211 cm³/mol. The van der Waals surface area contributed by atoms with E-state index in [0.29, 0.717) is 15.6 Å². The van der Waals surface area contributed by atoms with Gasteiger partial charge in [-0.2, -0.15) is 0 Å². The van der Waals surface area contributed by atoms with Gasteiger partial charge in [-0.1, -0.05) is 91.8 Å². The molecule has 0 N–H and O–H groups in total. The molecule has 0 unspecified atom stereocenters. The van der Waals surface area contributed by atoms with Gasteiger partial charge in [0.15, 0.2) is 0 Å². The second-order valence-corrected chi connectivity index (χ2v) is 19.8. The molecule has 49 heavy (non-hydrogen) atoms. The van der Waals surface area contributed by atoms with E-state index < -0.39 is 0 Å². The lowest BCUT2D eigenvalue weighted by Crippen LogP contribution is -2.25. The molecule has 5 aliphatic rings. The molecule has 0 aliphatic carbocycles. The zero-order valence-electron chi connectivity index (χ0n) is 32.8. The molecule has 8 rings (SSSR count). The zero-order chi connectivity index (χ0) is 36.1. The Morgan fingerprint density at radius 3 is 1.90 bits per heavy atom. The van der Waals surface area contributed by atoms with Crippen LogP contribution < -0.4 is 9.64 Å². The number of para-hydroxylation sites is 1. The smallest absolute Gasteiger partial charge is 0.123 e. The van der Waals surface area contributed by atoms with Crippen LogP contribution in [0.2, 0.25) is 0 Å². The second-order valence-electron chi connectivity index (χ2n) is 18.0. The largest absolute Gasteiger partial charge is 0.487 e. The molecule has 0 radical (unpaired) electrons. The minimum atomic E-state index is 0.00366. The van der Waals surface area contributed by atoms with Gasteiger partial charge >= 0.3 is 0 Å². The molecule has 6 heteroatoms. The van der Waals surface area contributed by atoms with Gasteiger partial charge in [0.05, 0.1) is 18.0 Å². The van der Waals surface area contributed by atoms with E-state index in [2.05, 4.69) is 141 Å². The van der Waals surface area contributed by atoms with Crippen molar-refractivity contribution in [2.45, 2.75) is 116 Å². The van der Waals surface area contributed by atoms with Gasteiger partial charge < -0.3 is 19.3 Å². The summed E-state index contributed by atoms with van der Waals surface area (Å²) in [6.07, 6.45) is 6.72. The fourth-order valence-electron chi connectivity index (χ4n) is 7.21. The summed E-state index contributed by atoms with van der Waals surface area (Å²) < 4.78 is 11.3. The Balaban J connectivity index is 0.000000140. The summed E-state index contributed by atoms with van der Waals surface area (Å²) in [4.78, 5) is 10.5. The number of pyridine rings is 1. The molecule has 2 aromatic carbocycles. The number of fused-ring (bicyclic) bond motifs is 3. The molecule has 6 heterocycles. The van der Waals surface area contributed by atoms with Crippen LogP contribution in [0, 0.1) is 10.8 Å². The molecule has 5 aliphatic heterocycles. The third-order valence-electron chi connectivity index (χ3n) is 9.71. The van der Waals surface area contributed by atoms with E-state index in [0.717, 1.165) is 31.9 Å². The summed E-state index contributed by atoms with van der Waals surface area (Å²) in [5.41, 5.74) is 6.64. The minimum absolute atomic E-state index is 0.00366. The Kier molecular flexibility index (Phi) is 12.6. The number of thioether (sulfide) groups is 1. The summed E-state index contributed by atoms with van der Waals surface area (Å²) in [5, 5.41) is 0. The highest BCUT2D eigenvalue weighted by Gasteiger charge is 2.34. The average Bonchev–Trinajstić information content (AvgIpc) is 3.78. The van der Waals surface area contributed by atoms with Gasteiger partial charge in [-0.15, -0.1) is 11.8 Å².